The molecule has 0 aliphatic heterocycles. The van der Waals surface area contributed by atoms with Crippen molar-refractivity contribution in [3.8, 4) is 0 Å². The highest BCUT2D eigenvalue weighted by Crippen LogP contribution is 2.31. The van der Waals surface area contributed by atoms with Crippen LogP contribution in [-0.2, 0) is 4.79 Å². The van der Waals surface area contributed by atoms with Crippen LogP contribution in [0, 0.1) is 11.3 Å². The van der Waals surface area contributed by atoms with Gasteiger partial charge in [-0.05, 0) is 31.6 Å². The van der Waals surface area contributed by atoms with E-state index >= 15 is 0 Å². The van der Waals surface area contributed by atoms with Gasteiger partial charge in [0.2, 0.25) is 5.91 Å². The Hall–Kier alpha value is -0.640. The Kier molecular flexibility index (Phi) is 7.49. The molecule has 20 heavy (non-hydrogen) atoms. The van der Waals surface area contributed by atoms with Crippen LogP contribution in [0.3, 0.4) is 0 Å². The van der Waals surface area contributed by atoms with Crippen LogP contribution in [0.4, 0.5) is 0 Å². The van der Waals surface area contributed by atoms with Crippen molar-refractivity contribution in [2.75, 3.05) is 6.54 Å². The normalized spacial score (nSPS) is 16.9. The molecule has 1 saturated carbocycles. The Morgan fingerprint density at radius 3 is 2.20 bits per heavy atom. The number of carbonyl (C=O) groups excluding carboxylic acids is 1. The molecule has 0 aromatic carbocycles. The van der Waals surface area contributed by atoms with E-state index in [4.69, 9.17) is 18.0 Å². The smallest absolute Gasteiger partial charge is 0.233 e. The summed E-state index contributed by atoms with van der Waals surface area (Å²) >= 11 is 5.22. The van der Waals surface area contributed by atoms with Gasteiger partial charge in [-0.15, -0.1) is 0 Å². The molecule has 1 aliphatic rings. The molecule has 1 aliphatic carbocycles. The number of nitrogens with one attached hydrogen (secondary N) is 1. The summed E-state index contributed by atoms with van der Waals surface area (Å²) in [7, 11) is 0. The molecule has 0 saturated heterocycles. The van der Waals surface area contributed by atoms with Crippen molar-refractivity contribution in [2.24, 2.45) is 17.1 Å². The third kappa shape index (κ3) is 4.44. The number of carbonyl (C=O) groups is 1. The first-order valence-electron chi connectivity index (χ1n) is 8.15. The van der Waals surface area contributed by atoms with Crippen molar-refractivity contribution in [1.29, 1.82) is 0 Å². The van der Waals surface area contributed by atoms with Crippen molar-refractivity contribution in [1.82, 2.24) is 5.32 Å². The molecule has 3 nitrogen and oxygen atoms in total. The SMILES string of the molecule is CCCC(CCC)(C(=O)NCC1CCCCC1)C(N)=S. The van der Waals surface area contributed by atoms with Gasteiger partial charge < -0.3 is 11.1 Å². The summed E-state index contributed by atoms with van der Waals surface area (Å²) in [4.78, 5) is 13.0. The zero-order chi connectivity index (χ0) is 15.0. The van der Waals surface area contributed by atoms with Gasteiger partial charge in [-0.1, -0.05) is 58.2 Å². The number of rotatable bonds is 8. The molecule has 0 radical (unpaired) electrons. The van der Waals surface area contributed by atoms with Gasteiger partial charge in [-0.25, -0.2) is 0 Å². The van der Waals surface area contributed by atoms with Crippen molar-refractivity contribution in [3.05, 3.63) is 0 Å². The Morgan fingerprint density at radius 2 is 1.75 bits per heavy atom. The van der Waals surface area contributed by atoms with Crippen molar-refractivity contribution < 1.29 is 4.79 Å². The van der Waals surface area contributed by atoms with E-state index in [0.29, 0.717) is 10.9 Å². The molecule has 0 atom stereocenters. The van der Waals surface area contributed by atoms with Crippen LogP contribution in [0.5, 0.6) is 0 Å². The van der Waals surface area contributed by atoms with Crippen molar-refractivity contribution in [2.45, 2.75) is 71.6 Å². The number of hydrogen-bond donors (Lipinski definition) is 2. The molecule has 1 fully saturated rings. The number of thiocarbonyl (C=S) groups is 1. The molecule has 0 unspecified atom stereocenters. The standard InChI is InChI=1S/C16H30N2OS/c1-3-10-16(11-4-2,14(17)20)15(19)18-12-13-8-6-5-7-9-13/h13H,3-12H2,1-2H3,(H2,17,20)(H,18,19). The maximum absolute atomic E-state index is 12.7. The van der Waals surface area contributed by atoms with Crippen molar-refractivity contribution >= 4 is 23.1 Å². The molecular formula is C16H30N2OS. The van der Waals surface area contributed by atoms with Crippen molar-refractivity contribution in [3.63, 3.8) is 0 Å². The van der Waals surface area contributed by atoms with Gasteiger partial charge in [-0.3, -0.25) is 4.79 Å². The van der Waals surface area contributed by atoms with Crippen LogP contribution in [0.15, 0.2) is 0 Å². The lowest BCUT2D eigenvalue weighted by atomic mass is 9.78. The third-order valence-electron chi connectivity index (χ3n) is 4.54. The van der Waals surface area contributed by atoms with E-state index in [1.165, 1.54) is 32.1 Å². The van der Waals surface area contributed by atoms with Gasteiger partial charge in [0.15, 0.2) is 0 Å². The second-order valence-corrected chi connectivity index (χ2v) is 6.60. The largest absolute Gasteiger partial charge is 0.392 e. The highest BCUT2D eigenvalue weighted by Gasteiger charge is 2.39. The van der Waals surface area contributed by atoms with Crippen LogP contribution in [0.1, 0.15) is 71.6 Å². The van der Waals surface area contributed by atoms with E-state index in [-0.39, 0.29) is 5.91 Å². The van der Waals surface area contributed by atoms with Gasteiger partial charge in [0.25, 0.3) is 0 Å². The lowest BCUT2D eigenvalue weighted by molar-refractivity contribution is -0.128. The minimum absolute atomic E-state index is 0.0549. The number of hydrogen-bond acceptors (Lipinski definition) is 2. The fourth-order valence-corrected chi connectivity index (χ4v) is 3.66. The summed E-state index contributed by atoms with van der Waals surface area (Å²) < 4.78 is 0. The average Bonchev–Trinajstić information content (AvgIpc) is 2.45. The summed E-state index contributed by atoms with van der Waals surface area (Å²) in [5.74, 6) is 0.694. The van der Waals surface area contributed by atoms with Crippen LogP contribution in [0.25, 0.3) is 0 Å². The molecule has 0 bridgehead atoms. The first-order chi connectivity index (χ1) is 9.56. The summed E-state index contributed by atoms with van der Waals surface area (Å²) in [6.45, 7) is 4.95. The zero-order valence-corrected chi connectivity index (χ0v) is 13.9. The predicted octanol–water partition coefficient (Wildman–Crippen LogP) is 3.56. The Bertz CT molecular complexity index is 318. The summed E-state index contributed by atoms with van der Waals surface area (Å²) in [5, 5.41) is 3.14. The van der Waals surface area contributed by atoms with E-state index in [9.17, 15) is 4.79 Å². The summed E-state index contributed by atoms with van der Waals surface area (Å²) in [6.07, 6.45) is 9.77. The molecule has 3 N–H and O–H groups in total. The second kappa shape index (κ2) is 8.60. The quantitative estimate of drug-likeness (QED) is 0.674. The van der Waals surface area contributed by atoms with Gasteiger partial charge in [0, 0.05) is 6.54 Å². The molecule has 0 spiro atoms. The van der Waals surface area contributed by atoms with Gasteiger partial charge >= 0.3 is 0 Å². The Balaban J connectivity index is 2.64. The minimum atomic E-state index is -0.631. The zero-order valence-electron chi connectivity index (χ0n) is 13.0. The molecule has 4 heteroatoms. The molecule has 0 aromatic heterocycles. The maximum atomic E-state index is 12.7. The molecule has 0 aromatic rings. The molecule has 116 valence electrons. The highest BCUT2D eigenvalue weighted by molar-refractivity contribution is 7.80. The first kappa shape index (κ1) is 17.4. The Morgan fingerprint density at radius 1 is 1.20 bits per heavy atom. The van der Waals surface area contributed by atoms with Crippen LogP contribution in [0.2, 0.25) is 0 Å². The van der Waals surface area contributed by atoms with E-state index in [1.807, 2.05) is 0 Å². The lowest BCUT2D eigenvalue weighted by Gasteiger charge is -2.32. The first-order valence-corrected chi connectivity index (χ1v) is 8.55. The molecular weight excluding hydrogens is 268 g/mol. The minimum Gasteiger partial charge on any atom is -0.392 e. The number of amides is 1. The fourth-order valence-electron chi connectivity index (χ4n) is 3.36. The van der Waals surface area contributed by atoms with Crippen LogP contribution >= 0.6 is 12.2 Å². The van der Waals surface area contributed by atoms with Gasteiger partial charge in [0.05, 0.1) is 10.4 Å². The van der Waals surface area contributed by atoms with Crippen LogP contribution in [-0.4, -0.2) is 17.4 Å². The molecule has 0 heterocycles. The van der Waals surface area contributed by atoms with E-state index in [2.05, 4.69) is 19.2 Å². The fraction of sp³-hybridized carbons (Fsp3) is 0.875. The monoisotopic (exact) mass is 298 g/mol. The average molecular weight is 298 g/mol. The van der Waals surface area contributed by atoms with Gasteiger partial charge in [0.1, 0.15) is 0 Å². The lowest BCUT2D eigenvalue weighted by Crippen LogP contribution is -2.50. The highest BCUT2D eigenvalue weighted by atomic mass is 32.1. The topological polar surface area (TPSA) is 55.1 Å². The summed E-state index contributed by atoms with van der Waals surface area (Å²) in [5.41, 5.74) is 5.29. The summed E-state index contributed by atoms with van der Waals surface area (Å²) in [6, 6.07) is 0. The van der Waals surface area contributed by atoms with Gasteiger partial charge in [-0.2, -0.15) is 0 Å². The predicted molar refractivity (Wildman–Crippen MR) is 88.6 cm³/mol. The Labute approximate surface area is 129 Å². The second-order valence-electron chi connectivity index (χ2n) is 6.16. The van der Waals surface area contributed by atoms with E-state index < -0.39 is 5.41 Å². The van der Waals surface area contributed by atoms with Crippen LogP contribution < -0.4 is 11.1 Å². The maximum Gasteiger partial charge on any atom is 0.233 e. The molecule has 1 rings (SSSR count). The molecule has 1 amide bonds. The van der Waals surface area contributed by atoms with E-state index in [0.717, 1.165) is 32.2 Å². The third-order valence-corrected chi connectivity index (χ3v) is 4.93. The van der Waals surface area contributed by atoms with E-state index in [1.54, 1.807) is 0 Å². The number of nitrogens with two attached hydrogens (primary N) is 1.